The van der Waals surface area contributed by atoms with Crippen molar-refractivity contribution in [2.75, 3.05) is 26.9 Å². The number of methoxy groups -OCH3 is 1. The SMILES string of the molecule is COc1ccccc1OCCNC(=O)COc1ccc2c(c1)c(C(=O)NCc1ccco1)c(C)n2C. The van der Waals surface area contributed by atoms with E-state index in [0.29, 0.717) is 41.7 Å². The highest BCUT2D eigenvalue weighted by Crippen LogP contribution is 2.29. The van der Waals surface area contributed by atoms with Crippen LogP contribution in [0.15, 0.2) is 65.3 Å². The number of furan rings is 1. The van der Waals surface area contributed by atoms with Crippen LogP contribution in [-0.4, -0.2) is 43.2 Å². The van der Waals surface area contributed by atoms with Crippen molar-refractivity contribution in [1.82, 2.24) is 15.2 Å². The van der Waals surface area contributed by atoms with Crippen molar-refractivity contribution in [3.8, 4) is 17.2 Å². The molecular weight excluding hydrogens is 462 g/mol. The van der Waals surface area contributed by atoms with Crippen LogP contribution in [0.25, 0.3) is 10.9 Å². The van der Waals surface area contributed by atoms with E-state index in [1.165, 1.54) is 0 Å². The van der Waals surface area contributed by atoms with E-state index in [1.807, 2.05) is 36.7 Å². The molecule has 2 N–H and O–H groups in total. The van der Waals surface area contributed by atoms with Gasteiger partial charge in [-0.3, -0.25) is 9.59 Å². The van der Waals surface area contributed by atoms with Gasteiger partial charge in [-0.1, -0.05) is 12.1 Å². The third-order valence-corrected chi connectivity index (χ3v) is 5.81. The number of benzene rings is 2. The van der Waals surface area contributed by atoms with Gasteiger partial charge in [0.1, 0.15) is 18.1 Å². The van der Waals surface area contributed by atoms with E-state index < -0.39 is 0 Å². The molecule has 2 aromatic heterocycles. The number of rotatable bonds is 11. The van der Waals surface area contributed by atoms with Crippen LogP contribution in [-0.2, 0) is 18.4 Å². The second kappa shape index (κ2) is 11.4. The minimum Gasteiger partial charge on any atom is -0.493 e. The molecule has 0 aliphatic heterocycles. The molecule has 0 fully saturated rings. The van der Waals surface area contributed by atoms with E-state index in [0.717, 1.165) is 16.6 Å². The number of hydrogen-bond donors (Lipinski definition) is 2. The Morgan fingerprint density at radius 2 is 1.81 bits per heavy atom. The number of fused-ring (bicyclic) bond motifs is 1. The number of carbonyl (C=O) groups excluding carboxylic acids is 2. The summed E-state index contributed by atoms with van der Waals surface area (Å²) in [6.45, 7) is 2.63. The lowest BCUT2D eigenvalue weighted by molar-refractivity contribution is -0.123. The van der Waals surface area contributed by atoms with Crippen LogP contribution >= 0.6 is 0 Å². The number of nitrogens with zero attached hydrogens (tertiary/aromatic N) is 1. The van der Waals surface area contributed by atoms with Gasteiger partial charge in [-0.15, -0.1) is 0 Å². The molecule has 0 saturated carbocycles. The van der Waals surface area contributed by atoms with Crippen LogP contribution in [0.1, 0.15) is 21.8 Å². The fraction of sp³-hybridized carbons (Fsp3) is 0.259. The molecule has 0 spiro atoms. The number of carbonyl (C=O) groups is 2. The van der Waals surface area contributed by atoms with Gasteiger partial charge in [0.05, 0.1) is 32.0 Å². The highest BCUT2D eigenvalue weighted by Gasteiger charge is 2.19. The Morgan fingerprint density at radius 3 is 2.56 bits per heavy atom. The van der Waals surface area contributed by atoms with Gasteiger partial charge >= 0.3 is 0 Å². The summed E-state index contributed by atoms with van der Waals surface area (Å²) in [4.78, 5) is 25.2. The van der Waals surface area contributed by atoms with Crippen LogP contribution in [0.4, 0.5) is 0 Å². The predicted molar refractivity (Wildman–Crippen MR) is 135 cm³/mol. The smallest absolute Gasteiger partial charge is 0.258 e. The summed E-state index contributed by atoms with van der Waals surface area (Å²) in [5.74, 6) is 1.92. The maximum Gasteiger partial charge on any atom is 0.258 e. The van der Waals surface area contributed by atoms with Gasteiger partial charge in [-0.25, -0.2) is 0 Å². The minimum atomic E-state index is -0.278. The molecule has 2 aromatic carbocycles. The largest absolute Gasteiger partial charge is 0.493 e. The van der Waals surface area contributed by atoms with Crippen molar-refractivity contribution < 1.29 is 28.2 Å². The van der Waals surface area contributed by atoms with Gasteiger partial charge in [0, 0.05) is 23.6 Å². The van der Waals surface area contributed by atoms with E-state index >= 15 is 0 Å². The van der Waals surface area contributed by atoms with Crippen molar-refractivity contribution in [2.45, 2.75) is 13.5 Å². The zero-order valence-corrected chi connectivity index (χ0v) is 20.5. The first-order valence-corrected chi connectivity index (χ1v) is 11.5. The third kappa shape index (κ3) is 5.63. The summed E-state index contributed by atoms with van der Waals surface area (Å²) >= 11 is 0. The Morgan fingerprint density at radius 1 is 1.00 bits per heavy atom. The predicted octanol–water partition coefficient (Wildman–Crippen LogP) is 3.59. The van der Waals surface area contributed by atoms with Crippen molar-refractivity contribution >= 4 is 22.7 Å². The van der Waals surface area contributed by atoms with Crippen molar-refractivity contribution in [3.63, 3.8) is 0 Å². The highest BCUT2D eigenvalue weighted by atomic mass is 16.5. The number of para-hydroxylation sites is 2. The zero-order valence-electron chi connectivity index (χ0n) is 20.5. The van der Waals surface area contributed by atoms with Gasteiger partial charge in [-0.2, -0.15) is 0 Å². The number of nitrogens with one attached hydrogen (secondary N) is 2. The summed E-state index contributed by atoms with van der Waals surface area (Å²) in [5, 5.41) is 6.40. The molecule has 9 nitrogen and oxygen atoms in total. The quantitative estimate of drug-likeness (QED) is 0.311. The molecule has 0 unspecified atom stereocenters. The number of aromatic nitrogens is 1. The fourth-order valence-corrected chi connectivity index (χ4v) is 3.89. The van der Waals surface area contributed by atoms with Crippen molar-refractivity contribution in [2.24, 2.45) is 7.05 Å². The maximum atomic E-state index is 13.0. The first-order valence-electron chi connectivity index (χ1n) is 11.5. The molecule has 4 aromatic rings. The maximum absolute atomic E-state index is 13.0. The molecule has 9 heteroatoms. The molecular formula is C27H29N3O6. The Bertz CT molecular complexity index is 1340. The number of hydrogen-bond acceptors (Lipinski definition) is 6. The lowest BCUT2D eigenvalue weighted by atomic mass is 10.1. The van der Waals surface area contributed by atoms with Gasteiger partial charge in [0.2, 0.25) is 0 Å². The Balaban J connectivity index is 1.33. The van der Waals surface area contributed by atoms with Crippen LogP contribution < -0.4 is 24.8 Å². The van der Waals surface area contributed by atoms with E-state index in [9.17, 15) is 9.59 Å². The molecule has 2 amide bonds. The lowest BCUT2D eigenvalue weighted by Crippen LogP contribution is -2.32. The molecule has 188 valence electrons. The summed E-state index contributed by atoms with van der Waals surface area (Å²) in [6.07, 6.45) is 1.57. The summed E-state index contributed by atoms with van der Waals surface area (Å²) < 4.78 is 23.8. The van der Waals surface area contributed by atoms with Crippen LogP contribution in [0.3, 0.4) is 0 Å². The molecule has 2 heterocycles. The normalized spacial score (nSPS) is 10.8. The third-order valence-electron chi connectivity index (χ3n) is 5.81. The second-order valence-corrected chi connectivity index (χ2v) is 8.10. The Labute approximate surface area is 208 Å². The second-order valence-electron chi connectivity index (χ2n) is 8.10. The average molecular weight is 492 g/mol. The van der Waals surface area contributed by atoms with Crippen molar-refractivity contribution in [1.29, 1.82) is 0 Å². The Hall–Kier alpha value is -4.40. The molecule has 0 saturated heterocycles. The average Bonchev–Trinajstić information content (AvgIpc) is 3.50. The standard InChI is InChI=1S/C27H29N3O6/c1-18-26(27(32)29-16-20-7-6-13-34-20)21-15-19(10-11-22(21)30(18)2)36-17-25(31)28-12-14-35-24-9-5-4-8-23(24)33-3/h4-11,13,15H,12,14,16-17H2,1-3H3,(H,28,31)(H,29,32). The van der Waals surface area contributed by atoms with Crippen LogP contribution in [0.2, 0.25) is 0 Å². The van der Waals surface area contributed by atoms with Crippen LogP contribution in [0.5, 0.6) is 17.2 Å². The summed E-state index contributed by atoms with van der Waals surface area (Å²) in [5.41, 5.74) is 2.27. The van der Waals surface area contributed by atoms with E-state index in [4.69, 9.17) is 18.6 Å². The summed E-state index contributed by atoms with van der Waals surface area (Å²) in [7, 11) is 3.48. The molecule has 4 rings (SSSR count). The summed E-state index contributed by atoms with van der Waals surface area (Å²) in [6, 6.07) is 16.3. The zero-order chi connectivity index (χ0) is 25.5. The lowest BCUT2D eigenvalue weighted by Gasteiger charge is -2.11. The molecule has 0 radical (unpaired) electrons. The van der Waals surface area contributed by atoms with Gasteiger partial charge in [0.15, 0.2) is 18.1 Å². The van der Waals surface area contributed by atoms with E-state index in [1.54, 1.807) is 49.8 Å². The molecule has 36 heavy (non-hydrogen) atoms. The molecule has 0 aliphatic carbocycles. The monoisotopic (exact) mass is 491 g/mol. The van der Waals surface area contributed by atoms with E-state index in [2.05, 4.69) is 10.6 Å². The first kappa shape index (κ1) is 24.7. The van der Waals surface area contributed by atoms with Crippen LogP contribution in [0, 0.1) is 6.92 Å². The first-order chi connectivity index (χ1) is 17.5. The van der Waals surface area contributed by atoms with E-state index in [-0.39, 0.29) is 25.0 Å². The molecule has 0 atom stereocenters. The minimum absolute atomic E-state index is 0.161. The number of amides is 2. The topological polar surface area (TPSA) is 104 Å². The number of ether oxygens (including phenoxy) is 3. The fourth-order valence-electron chi connectivity index (χ4n) is 3.89. The van der Waals surface area contributed by atoms with Gasteiger partial charge in [0.25, 0.3) is 11.8 Å². The van der Waals surface area contributed by atoms with Gasteiger partial charge in [-0.05, 0) is 49.4 Å². The Kier molecular flexibility index (Phi) is 7.79. The highest BCUT2D eigenvalue weighted by molar-refractivity contribution is 6.08. The molecule has 0 bridgehead atoms. The number of aryl methyl sites for hydroxylation is 1. The van der Waals surface area contributed by atoms with Crippen molar-refractivity contribution in [3.05, 3.63) is 77.9 Å². The molecule has 0 aliphatic rings. The van der Waals surface area contributed by atoms with Gasteiger partial charge < -0.3 is 33.8 Å².